The van der Waals surface area contributed by atoms with Gasteiger partial charge in [0.05, 0.1) is 24.9 Å². The zero-order valence-electron chi connectivity index (χ0n) is 20.5. The van der Waals surface area contributed by atoms with Crippen molar-refractivity contribution in [2.75, 3.05) is 26.1 Å². The van der Waals surface area contributed by atoms with E-state index in [1.165, 1.54) is 39.0 Å². The Balaban J connectivity index is 1.83. The Morgan fingerprint density at radius 1 is 0.973 bits per heavy atom. The molecule has 0 spiro atoms. The van der Waals surface area contributed by atoms with Crippen molar-refractivity contribution in [3.05, 3.63) is 71.8 Å². The number of aromatic nitrogens is 5. The van der Waals surface area contributed by atoms with Crippen molar-refractivity contribution < 1.29 is 22.6 Å². The second-order valence-corrected chi connectivity index (χ2v) is 10.3. The maximum Gasteiger partial charge on any atom is 0.243 e. The molecule has 1 aromatic carbocycles. The van der Waals surface area contributed by atoms with Crippen molar-refractivity contribution in [1.82, 2.24) is 24.7 Å². The summed E-state index contributed by atoms with van der Waals surface area (Å²) < 4.78 is 47.9. The average Bonchev–Trinajstić information content (AvgIpc) is 3.32. The van der Waals surface area contributed by atoms with Crippen molar-refractivity contribution in [3.8, 4) is 28.6 Å². The van der Waals surface area contributed by atoms with Gasteiger partial charge in [0.15, 0.2) is 5.82 Å². The molecular formula is C24H25ClN6O5S. The van der Waals surface area contributed by atoms with Gasteiger partial charge in [-0.25, -0.2) is 8.42 Å². The van der Waals surface area contributed by atoms with Gasteiger partial charge >= 0.3 is 0 Å². The second kappa shape index (κ2) is 11.1. The van der Waals surface area contributed by atoms with Crippen LogP contribution in [0, 0.1) is 0 Å². The molecule has 194 valence electrons. The van der Waals surface area contributed by atoms with E-state index in [4.69, 9.17) is 25.8 Å². The number of hydrogen-bond acceptors (Lipinski definition) is 9. The van der Waals surface area contributed by atoms with Gasteiger partial charge in [0.1, 0.15) is 28.5 Å². The molecule has 4 rings (SSSR count). The van der Waals surface area contributed by atoms with Crippen LogP contribution in [0.1, 0.15) is 18.7 Å². The third-order valence-corrected chi connectivity index (χ3v) is 7.57. The van der Waals surface area contributed by atoms with Gasteiger partial charge in [-0.05, 0) is 43.3 Å². The van der Waals surface area contributed by atoms with Crippen LogP contribution in [-0.4, -0.2) is 59.7 Å². The number of nitrogens with zero attached hydrogens (tertiary/aromatic N) is 5. The summed E-state index contributed by atoms with van der Waals surface area (Å²) in [6.45, 7) is 1.51. The Kier molecular flexibility index (Phi) is 7.91. The molecule has 1 N–H and O–H groups in total. The first-order valence-corrected chi connectivity index (χ1v) is 13.0. The number of benzene rings is 1. The van der Waals surface area contributed by atoms with E-state index in [0.29, 0.717) is 39.3 Å². The highest BCUT2D eigenvalue weighted by atomic mass is 35.5. The average molecular weight is 545 g/mol. The van der Waals surface area contributed by atoms with Crippen LogP contribution in [0.4, 0.5) is 5.95 Å². The van der Waals surface area contributed by atoms with Gasteiger partial charge in [-0.1, -0.05) is 17.7 Å². The minimum Gasteiger partial charge on any atom is -0.494 e. The third-order valence-electron chi connectivity index (χ3n) is 5.65. The predicted octanol–water partition coefficient (Wildman–Crippen LogP) is 3.91. The quantitative estimate of drug-likeness (QED) is 0.315. The van der Waals surface area contributed by atoms with Crippen LogP contribution in [0.3, 0.4) is 0 Å². The second-order valence-electron chi connectivity index (χ2n) is 7.85. The fraction of sp³-hybridized carbons (Fsp3) is 0.250. The smallest absolute Gasteiger partial charge is 0.243 e. The van der Waals surface area contributed by atoms with Gasteiger partial charge in [-0.15, -0.1) is 10.2 Å². The molecule has 0 saturated carbocycles. The molecule has 0 saturated heterocycles. The lowest BCUT2D eigenvalue weighted by atomic mass is 10.2. The van der Waals surface area contributed by atoms with E-state index in [-0.39, 0.29) is 5.95 Å². The minimum absolute atomic E-state index is 0.0765. The molecule has 0 fully saturated rings. The normalized spacial score (nSPS) is 13.1. The lowest BCUT2D eigenvalue weighted by Gasteiger charge is -2.23. The number of hydrogen-bond donors (Lipinski definition) is 1. The Hall–Kier alpha value is -3.74. The number of nitrogens with one attached hydrogen (secondary N) is 1. The Morgan fingerprint density at radius 3 is 2.27 bits per heavy atom. The molecule has 4 aromatic rings. The van der Waals surface area contributed by atoms with Crippen LogP contribution in [-0.2, 0) is 14.8 Å². The van der Waals surface area contributed by atoms with Crippen molar-refractivity contribution in [1.29, 1.82) is 0 Å². The molecule has 0 aliphatic rings. The first-order chi connectivity index (χ1) is 17.8. The standard InChI is InChI=1S/C24H25ClN6O5S/c1-15(22(36-4)18-11-10-17(25)14-27-18)37(32,33)30-24-29-28-23(16-7-6-12-26-13-16)31(24)21-19(34-2)8-5-9-20(21)35-3/h5-15,22H,1-4H3,(H,29,30). The third kappa shape index (κ3) is 5.36. The highest BCUT2D eigenvalue weighted by Gasteiger charge is 2.34. The molecule has 3 aromatic heterocycles. The molecule has 0 aliphatic heterocycles. The van der Waals surface area contributed by atoms with Crippen LogP contribution >= 0.6 is 11.6 Å². The van der Waals surface area contributed by atoms with Crippen molar-refractivity contribution in [3.63, 3.8) is 0 Å². The lowest BCUT2D eigenvalue weighted by Crippen LogP contribution is -2.33. The van der Waals surface area contributed by atoms with Gasteiger partial charge in [0, 0.05) is 31.3 Å². The lowest BCUT2D eigenvalue weighted by molar-refractivity contribution is 0.0989. The van der Waals surface area contributed by atoms with Crippen LogP contribution in [0.25, 0.3) is 17.1 Å². The summed E-state index contributed by atoms with van der Waals surface area (Å²) in [4.78, 5) is 8.37. The first-order valence-electron chi connectivity index (χ1n) is 11.0. The number of pyridine rings is 2. The number of para-hydroxylation sites is 1. The molecule has 2 unspecified atom stereocenters. The summed E-state index contributed by atoms with van der Waals surface area (Å²) >= 11 is 5.94. The van der Waals surface area contributed by atoms with Gasteiger partial charge in [-0.2, -0.15) is 0 Å². The zero-order chi connectivity index (χ0) is 26.6. The van der Waals surface area contributed by atoms with Crippen LogP contribution in [0.15, 0.2) is 61.1 Å². The molecule has 0 radical (unpaired) electrons. The number of methoxy groups -OCH3 is 3. The SMILES string of the molecule is COc1cccc(OC)c1-n1c(NS(=O)(=O)C(C)C(OC)c2ccc(Cl)cn2)nnc1-c1cccnc1. The van der Waals surface area contributed by atoms with E-state index in [9.17, 15) is 8.42 Å². The Bertz CT molecular complexity index is 1440. The maximum atomic E-state index is 13.6. The molecule has 0 amide bonds. The maximum absolute atomic E-state index is 13.6. The predicted molar refractivity (Wildman–Crippen MR) is 139 cm³/mol. The van der Waals surface area contributed by atoms with Crippen LogP contribution in [0.5, 0.6) is 11.5 Å². The van der Waals surface area contributed by atoms with E-state index >= 15 is 0 Å². The molecule has 13 heteroatoms. The summed E-state index contributed by atoms with van der Waals surface area (Å²) in [5.74, 6) is 1.08. The molecule has 0 bridgehead atoms. The van der Waals surface area contributed by atoms with E-state index in [1.54, 1.807) is 54.9 Å². The molecule has 3 heterocycles. The van der Waals surface area contributed by atoms with Crippen LogP contribution < -0.4 is 14.2 Å². The molecule has 37 heavy (non-hydrogen) atoms. The van der Waals surface area contributed by atoms with Gasteiger partial charge < -0.3 is 14.2 Å². The van der Waals surface area contributed by atoms with Crippen molar-refractivity contribution in [2.24, 2.45) is 0 Å². The van der Waals surface area contributed by atoms with Crippen molar-refractivity contribution >= 4 is 27.6 Å². The zero-order valence-corrected chi connectivity index (χ0v) is 22.1. The summed E-state index contributed by atoms with van der Waals surface area (Å²) in [5.41, 5.74) is 1.42. The Labute approximate surface area is 219 Å². The number of anilines is 1. The fourth-order valence-electron chi connectivity index (χ4n) is 3.79. The monoisotopic (exact) mass is 544 g/mol. The van der Waals surface area contributed by atoms with E-state index < -0.39 is 21.4 Å². The largest absolute Gasteiger partial charge is 0.494 e. The summed E-state index contributed by atoms with van der Waals surface area (Å²) in [5, 5.41) is 7.79. The molecule has 2 atom stereocenters. The van der Waals surface area contributed by atoms with Gasteiger partial charge in [-0.3, -0.25) is 19.3 Å². The molecule has 11 nitrogen and oxygen atoms in total. The summed E-state index contributed by atoms with van der Waals surface area (Å²) in [6.07, 6.45) is 3.76. The minimum atomic E-state index is -4.09. The highest BCUT2D eigenvalue weighted by molar-refractivity contribution is 7.93. The fourth-order valence-corrected chi connectivity index (χ4v) is 5.05. The molecule has 0 aliphatic carbocycles. The number of rotatable bonds is 10. The number of sulfonamides is 1. The van der Waals surface area contributed by atoms with Gasteiger partial charge in [0.2, 0.25) is 16.0 Å². The Morgan fingerprint density at radius 2 is 1.70 bits per heavy atom. The van der Waals surface area contributed by atoms with E-state index in [1.807, 2.05) is 0 Å². The number of halogens is 1. The first kappa shape index (κ1) is 26.3. The van der Waals surface area contributed by atoms with Crippen LogP contribution in [0.2, 0.25) is 5.02 Å². The number of ether oxygens (including phenoxy) is 3. The molecular weight excluding hydrogens is 520 g/mol. The highest BCUT2D eigenvalue weighted by Crippen LogP contribution is 2.38. The summed E-state index contributed by atoms with van der Waals surface area (Å²) in [7, 11) is 0.324. The van der Waals surface area contributed by atoms with Gasteiger partial charge in [0.25, 0.3) is 0 Å². The summed E-state index contributed by atoms with van der Waals surface area (Å²) in [6, 6.07) is 11.9. The van der Waals surface area contributed by atoms with E-state index in [2.05, 4.69) is 24.9 Å². The topological polar surface area (TPSA) is 130 Å². The van der Waals surface area contributed by atoms with Crippen molar-refractivity contribution in [2.45, 2.75) is 18.3 Å². The van der Waals surface area contributed by atoms with E-state index in [0.717, 1.165) is 0 Å².